The third-order valence-corrected chi connectivity index (χ3v) is 15.8. The quantitative estimate of drug-likeness (QED) is 0.0776. The van der Waals surface area contributed by atoms with Crippen molar-refractivity contribution in [2.24, 2.45) is 0 Å². The molecule has 0 atom stereocenters. The molecule has 0 unspecified atom stereocenters. The molecule has 12 rings (SSSR count). The molecular formula is C74H66N4O6. The topological polar surface area (TPSA) is 68.3 Å². The molecule has 12 aromatic rings. The fourth-order valence-corrected chi connectivity index (χ4v) is 11.5. The zero-order valence-electron chi connectivity index (χ0n) is 49.0. The Labute approximate surface area is 491 Å². The van der Waals surface area contributed by atoms with E-state index in [1.165, 1.54) is 0 Å². The zero-order valence-corrected chi connectivity index (χ0v) is 49.0. The van der Waals surface area contributed by atoms with Gasteiger partial charge in [0.2, 0.25) is 0 Å². The molecule has 0 aliphatic rings. The van der Waals surface area contributed by atoms with E-state index in [1.54, 1.807) is 42.7 Å². The first kappa shape index (κ1) is 54.3. The Morgan fingerprint density at radius 1 is 0.214 bits per heavy atom. The summed E-state index contributed by atoms with van der Waals surface area (Å²) in [5.41, 5.74) is 15.6. The summed E-state index contributed by atoms with van der Waals surface area (Å²) in [6.45, 7) is 8.48. The molecule has 0 amide bonds. The van der Waals surface area contributed by atoms with Crippen molar-refractivity contribution in [3.8, 4) is 34.5 Å². The molecule has 0 aliphatic carbocycles. The zero-order chi connectivity index (χ0) is 58.2. The average Bonchev–Trinajstić information content (AvgIpc) is 0.831. The van der Waals surface area contributed by atoms with Gasteiger partial charge in [0.15, 0.2) is 0 Å². The smallest absolute Gasteiger partial charge is 0.129 e. The van der Waals surface area contributed by atoms with Gasteiger partial charge in [-0.2, -0.15) is 0 Å². The predicted octanol–water partition coefficient (Wildman–Crippen LogP) is 19.7. The normalized spacial score (nSPS) is 11.2. The summed E-state index contributed by atoms with van der Waals surface area (Å²) >= 11 is 0. The van der Waals surface area contributed by atoms with E-state index < -0.39 is 0 Å². The molecule has 10 nitrogen and oxygen atoms in total. The number of hydrogen-bond donors (Lipinski definition) is 0. The van der Waals surface area contributed by atoms with Gasteiger partial charge in [-0.3, -0.25) is 0 Å². The van der Waals surface area contributed by atoms with E-state index >= 15 is 0 Å². The van der Waals surface area contributed by atoms with Crippen LogP contribution >= 0.6 is 0 Å². The number of nitrogens with zero attached hydrogens (tertiary/aromatic N) is 4. The van der Waals surface area contributed by atoms with Crippen LogP contribution in [0.2, 0.25) is 0 Å². The van der Waals surface area contributed by atoms with Gasteiger partial charge >= 0.3 is 0 Å². The van der Waals surface area contributed by atoms with Gasteiger partial charge in [0.25, 0.3) is 0 Å². The van der Waals surface area contributed by atoms with E-state index in [0.717, 1.165) is 146 Å². The van der Waals surface area contributed by atoms with Gasteiger partial charge in [0.05, 0.1) is 65.4 Å². The van der Waals surface area contributed by atoms with Crippen LogP contribution in [0.3, 0.4) is 0 Å². The molecule has 84 heavy (non-hydrogen) atoms. The molecule has 0 spiro atoms. The Morgan fingerprint density at radius 3 is 0.619 bits per heavy atom. The Hall–Kier alpha value is -10.3. The lowest BCUT2D eigenvalue weighted by Gasteiger charge is -2.35. The molecule has 12 aromatic carbocycles. The number of anilines is 12. The van der Waals surface area contributed by atoms with E-state index in [-0.39, 0.29) is 0 Å². The maximum atomic E-state index is 6.89. The van der Waals surface area contributed by atoms with E-state index in [0.29, 0.717) is 11.5 Å². The van der Waals surface area contributed by atoms with Crippen LogP contribution in [0.4, 0.5) is 68.2 Å². The Balaban J connectivity index is 1.34. The highest BCUT2D eigenvalue weighted by molar-refractivity contribution is 6.35. The fraction of sp³-hybridized carbons (Fsp3) is 0.135. The minimum atomic E-state index is 0.676. The van der Waals surface area contributed by atoms with Crippen molar-refractivity contribution in [1.82, 2.24) is 0 Å². The first-order chi connectivity index (χ1) is 41.0. The van der Waals surface area contributed by atoms with Crippen LogP contribution in [0.1, 0.15) is 22.3 Å². The minimum absolute atomic E-state index is 0.676. The largest absolute Gasteiger partial charge is 0.497 e. The van der Waals surface area contributed by atoms with Gasteiger partial charge in [-0.25, -0.2) is 0 Å². The number of ether oxygens (including phenoxy) is 6. The molecule has 0 heterocycles. The predicted molar refractivity (Wildman–Crippen MR) is 347 cm³/mol. The second kappa shape index (κ2) is 22.9. The third kappa shape index (κ3) is 9.95. The van der Waals surface area contributed by atoms with Gasteiger partial charge in [0.1, 0.15) is 34.5 Å². The second-order valence-corrected chi connectivity index (χ2v) is 21.1. The lowest BCUT2D eigenvalue weighted by Crippen LogP contribution is -2.16. The highest BCUT2D eigenvalue weighted by Crippen LogP contribution is 2.59. The van der Waals surface area contributed by atoms with Gasteiger partial charge in [-0.15, -0.1) is 0 Å². The molecule has 418 valence electrons. The molecule has 0 radical (unpaired) electrons. The average molecular weight is 1110 g/mol. The Morgan fingerprint density at radius 2 is 0.417 bits per heavy atom. The number of benzene rings is 12. The van der Waals surface area contributed by atoms with Crippen molar-refractivity contribution in [2.45, 2.75) is 27.7 Å². The van der Waals surface area contributed by atoms with Gasteiger partial charge < -0.3 is 48.0 Å². The van der Waals surface area contributed by atoms with E-state index in [1.807, 2.05) is 48.5 Å². The van der Waals surface area contributed by atoms with E-state index in [4.69, 9.17) is 28.4 Å². The highest BCUT2D eigenvalue weighted by Gasteiger charge is 2.33. The Kier molecular flexibility index (Phi) is 14.8. The van der Waals surface area contributed by atoms with Crippen molar-refractivity contribution in [1.29, 1.82) is 0 Å². The monoisotopic (exact) mass is 1110 g/mol. The molecule has 0 aliphatic heterocycles. The summed E-state index contributed by atoms with van der Waals surface area (Å²) in [4.78, 5) is 9.36. The summed E-state index contributed by atoms with van der Waals surface area (Å²) in [5.74, 6) is 4.35. The number of rotatable bonds is 18. The van der Waals surface area contributed by atoms with Crippen molar-refractivity contribution in [3.05, 3.63) is 241 Å². The number of methoxy groups -OCH3 is 6. The highest BCUT2D eigenvalue weighted by atomic mass is 16.5. The van der Waals surface area contributed by atoms with Gasteiger partial charge in [0, 0.05) is 77.8 Å². The van der Waals surface area contributed by atoms with Crippen LogP contribution in [-0.2, 0) is 0 Å². The van der Waals surface area contributed by atoms with E-state index in [2.05, 4.69) is 217 Å². The van der Waals surface area contributed by atoms with Crippen molar-refractivity contribution < 1.29 is 28.4 Å². The molecular weight excluding hydrogens is 1040 g/mol. The van der Waals surface area contributed by atoms with Gasteiger partial charge in [-0.05, 0) is 198 Å². The minimum Gasteiger partial charge on any atom is -0.497 e. The summed E-state index contributed by atoms with van der Waals surface area (Å²) in [5, 5.41) is 5.57. The maximum Gasteiger partial charge on any atom is 0.129 e. The van der Waals surface area contributed by atoms with E-state index in [9.17, 15) is 0 Å². The number of aryl methyl sites for hydroxylation is 4. The van der Waals surface area contributed by atoms with Crippen molar-refractivity contribution in [2.75, 3.05) is 62.3 Å². The lowest BCUT2D eigenvalue weighted by atomic mass is 9.87. The maximum absolute atomic E-state index is 6.89. The van der Waals surface area contributed by atoms with Crippen molar-refractivity contribution >= 4 is 101 Å². The third-order valence-electron chi connectivity index (χ3n) is 15.8. The fourth-order valence-electron chi connectivity index (χ4n) is 11.5. The summed E-state index contributed by atoms with van der Waals surface area (Å²) in [6, 6.07) is 77.0. The molecule has 0 N–H and O–H groups in total. The first-order valence-corrected chi connectivity index (χ1v) is 28.0. The SMILES string of the molecule is COc1ccc(N(c2ccc(C)cc2)c2cc(N(c3ccc(C)cc3)c3ccc(OC)cc3)c3c(OC)cc4c(N(c5ccc(C)cc5)c5ccc(OC)cc5)cc(N(c5ccc(C)cc5)c5ccc(OC)cc5)c5c(OC)cc2c3c45)cc1. The van der Waals surface area contributed by atoms with Crippen LogP contribution in [0, 0.1) is 27.7 Å². The molecule has 0 fully saturated rings. The molecule has 0 bridgehead atoms. The molecule has 10 heteroatoms. The first-order valence-electron chi connectivity index (χ1n) is 28.0. The van der Waals surface area contributed by atoms with Crippen LogP contribution < -0.4 is 48.0 Å². The van der Waals surface area contributed by atoms with Gasteiger partial charge in [-0.1, -0.05) is 70.8 Å². The summed E-state index contributed by atoms with van der Waals surface area (Å²) in [6.07, 6.45) is 0. The van der Waals surface area contributed by atoms with Crippen LogP contribution in [0.15, 0.2) is 218 Å². The van der Waals surface area contributed by atoms with Crippen molar-refractivity contribution in [3.63, 3.8) is 0 Å². The summed E-state index contributed by atoms with van der Waals surface area (Å²) in [7, 11) is 10.3. The summed E-state index contributed by atoms with van der Waals surface area (Å²) < 4.78 is 37.0. The molecule has 0 saturated heterocycles. The second-order valence-electron chi connectivity index (χ2n) is 21.1. The van der Waals surface area contributed by atoms with Crippen LogP contribution in [0.25, 0.3) is 32.3 Å². The van der Waals surface area contributed by atoms with Crippen LogP contribution in [0.5, 0.6) is 34.5 Å². The standard InChI is InChI=1S/C74H66N4O6/c1-47-11-19-51(20-12-47)75(55-27-35-59(79-5)36-28-55)65-45-67(77(53-23-15-49(3)16-24-53)57-31-39-61(81-7)40-32-57)73-70(84-10)44-64-66(76(52-21-13-48(2)14-22-52)56-29-37-60(80-6)38-30-56)46-68(74-69(83-9)43-63(65)71(73)72(64)74)78(54-25-17-50(4)18-26-54)58-33-41-62(82-8)42-34-58/h11-46H,1-10H3. The molecule has 0 saturated carbocycles. The Bertz CT molecular complexity index is 3990. The lowest BCUT2D eigenvalue weighted by molar-refractivity contribution is 0.414. The molecule has 0 aromatic heterocycles. The van der Waals surface area contributed by atoms with Crippen LogP contribution in [-0.4, -0.2) is 42.7 Å². The number of hydrogen-bond acceptors (Lipinski definition) is 10.